The minimum absolute atomic E-state index is 0.177. The number of carboxylic acid groups (broad SMARTS) is 3. The molecule has 2 aromatic carbocycles. The van der Waals surface area contributed by atoms with Crippen molar-refractivity contribution in [1.82, 2.24) is 0 Å². The molecule has 0 atom stereocenters. The van der Waals surface area contributed by atoms with Gasteiger partial charge < -0.3 is 20.1 Å². The molecule has 0 aliphatic carbocycles. The molecule has 0 unspecified atom stereocenters. The Balaban J connectivity index is 2.47. The molecule has 2 aromatic rings. The van der Waals surface area contributed by atoms with Gasteiger partial charge in [-0.05, 0) is 36.4 Å². The number of aromatic carboxylic acids is 3. The minimum atomic E-state index is -1.41. The molecule has 0 aliphatic rings. The van der Waals surface area contributed by atoms with Crippen LogP contribution in [-0.4, -0.2) is 46.3 Å². The fraction of sp³-hybridized carbons (Fsp3) is 0.0526. The fourth-order valence-corrected chi connectivity index (χ4v) is 2.22. The summed E-state index contributed by atoms with van der Waals surface area (Å²) in [5.41, 5.74) is -0.674. The molecule has 0 bridgehead atoms. The molecule has 0 amide bonds. The lowest BCUT2D eigenvalue weighted by Gasteiger charge is -2.04. The molecule has 3 N–H and O–H groups in total. The zero-order valence-electron chi connectivity index (χ0n) is 13.8. The highest BCUT2D eigenvalue weighted by Crippen LogP contribution is 2.15. The molecule has 8 heteroatoms. The van der Waals surface area contributed by atoms with Crippen LogP contribution in [0.4, 0.5) is 0 Å². The van der Waals surface area contributed by atoms with Crippen molar-refractivity contribution in [3.05, 3.63) is 69.8 Å². The second kappa shape index (κ2) is 7.84. The summed E-state index contributed by atoms with van der Waals surface area (Å²) in [7, 11) is 1.11. The smallest absolute Gasteiger partial charge is 0.338 e. The Morgan fingerprint density at radius 1 is 0.704 bits per heavy atom. The Morgan fingerprint density at radius 2 is 1.11 bits per heavy atom. The van der Waals surface area contributed by atoms with Gasteiger partial charge in [-0.3, -0.25) is 0 Å². The highest BCUT2D eigenvalue weighted by Gasteiger charge is 2.18. The molecule has 0 radical (unpaired) electrons. The van der Waals surface area contributed by atoms with Crippen molar-refractivity contribution >= 4 is 23.9 Å². The molecule has 8 nitrogen and oxygen atoms in total. The van der Waals surface area contributed by atoms with Crippen LogP contribution in [0.3, 0.4) is 0 Å². The third-order valence-electron chi connectivity index (χ3n) is 3.49. The largest absolute Gasteiger partial charge is 0.478 e. The van der Waals surface area contributed by atoms with E-state index in [-0.39, 0.29) is 22.3 Å². The van der Waals surface area contributed by atoms with E-state index in [1.165, 1.54) is 24.3 Å². The van der Waals surface area contributed by atoms with Gasteiger partial charge in [0, 0.05) is 11.1 Å². The van der Waals surface area contributed by atoms with Crippen LogP contribution in [0.5, 0.6) is 0 Å². The number of rotatable bonds is 4. The van der Waals surface area contributed by atoms with E-state index in [4.69, 9.17) is 15.3 Å². The van der Waals surface area contributed by atoms with Gasteiger partial charge in [-0.1, -0.05) is 11.8 Å². The van der Waals surface area contributed by atoms with Crippen LogP contribution in [0.1, 0.15) is 52.6 Å². The molecule has 0 aromatic heterocycles. The van der Waals surface area contributed by atoms with Gasteiger partial charge in [0.1, 0.15) is 0 Å². The van der Waals surface area contributed by atoms with E-state index in [2.05, 4.69) is 16.6 Å². The first-order valence-electron chi connectivity index (χ1n) is 7.33. The maximum atomic E-state index is 11.7. The van der Waals surface area contributed by atoms with Crippen molar-refractivity contribution in [3.8, 4) is 11.8 Å². The van der Waals surface area contributed by atoms with Crippen LogP contribution in [0.2, 0.25) is 0 Å². The van der Waals surface area contributed by atoms with Gasteiger partial charge in [-0.25, -0.2) is 19.2 Å². The van der Waals surface area contributed by atoms with Gasteiger partial charge >= 0.3 is 23.9 Å². The fourth-order valence-electron chi connectivity index (χ4n) is 2.22. The Morgan fingerprint density at radius 3 is 1.52 bits per heavy atom. The average Bonchev–Trinajstić information content (AvgIpc) is 2.64. The zero-order valence-corrected chi connectivity index (χ0v) is 13.8. The Hall–Kier alpha value is -4.12. The molecule has 136 valence electrons. The summed E-state index contributed by atoms with van der Waals surface area (Å²) in [5.74, 6) is 0.397. The summed E-state index contributed by atoms with van der Waals surface area (Å²) in [4.78, 5) is 45.1. The Kier molecular flexibility index (Phi) is 5.58. The van der Waals surface area contributed by atoms with Crippen LogP contribution in [-0.2, 0) is 4.74 Å². The van der Waals surface area contributed by atoms with Gasteiger partial charge in [-0.2, -0.15) is 0 Å². The first kappa shape index (κ1) is 19.2. The van der Waals surface area contributed by atoms with Crippen LogP contribution in [0.25, 0.3) is 0 Å². The number of methoxy groups -OCH3 is 1. The summed E-state index contributed by atoms with van der Waals surface area (Å²) >= 11 is 0. The van der Waals surface area contributed by atoms with E-state index in [1.54, 1.807) is 0 Å². The highest BCUT2D eigenvalue weighted by molar-refractivity contribution is 6.03. The summed E-state index contributed by atoms with van der Waals surface area (Å²) in [6.45, 7) is 0. The summed E-state index contributed by atoms with van der Waals surface area (Å²) in [6, 6.07) is 7.41. The zero-order chi connectivity index (χ0) is 20.1. The molecule has 27 heavy (non-hydrogen) atoms. The molecule has 0 saturated carbocycles. The van der Waals surface area contributed by atoms with Crippen molar-refractivity contribution < 1.29 is 39.2 Å². The summed E-state index contributed by atoms with van der Waals surface area (Å²) in [5, 5.41) is 27.2. The third-order valence-corrected chi connectivity index (χ3v) is 3.49. The van der Waals surface area contributed by atoms with E-state index in [1.807, 2.05) is 0 Å². The monoisotopic (exact) mass is 368 g/mol. The predicted octanol–water partition coefficient (Wildman–Crippen LogP) is 1.97. The van der Waals surface area contributed by atoms with Crippen molar-refractivity contribution in [2.24, 2.45) is 0 Å². The predicted molar refractivity (Wildman–Crippen MR) is 91.1 cm³/mol. The van der Waals surface area contributed by atoms with E-state index in [0.717, 1.165) is 19.2 Å². The van der Waals surface area contributed by atoms with E-state index < -0.39 is 29.4 Å². The van der Waals surface area contributed by atoms with Crippen LogP contribution >= 0.6 is 0 Å². The SMILES string of the molecule is COC(=O)c1cc(C#Cc2ccc(C(=O)O)c(C(=O)O)c2)ccc1C(=O)O. The maximum Gasteiger partial charge on any atom is 0.338 e. The lowest BCUT2D eigenvalue weighted by Crippen LogP contribution is -2.10. The average molecular weight is 368 g/mol. The number of esters is 1. The van der Waals surface area contributed by atoms with E-state index >= 15 is 0 Å². The van der Waals surface area contributed by atoms with E-state index in [9.17, 15) is 19.2 Å². The highest BCUT2D eigenvalue weighted by atomic mass is 16.5. The number of benzene rings is 2. The van der Waals surface area contributed by atoms with Crippen LogP contribution in [0.15, 0.2) is 36.4 Å². The summed E-state index contributed by atoms with van der Waals surface area (Å²) < 4.78 is 4.55. The molecule has 0 heterocycles. The number of hydrogen-bond acceptors (Lipinski definition) is 5. The minimum Gasteiger partial charge on any atom is -0.478 e. The van der Waals surface area contributed by atoms with Gasteiger partial charge in [-0.15, -0.1) is 0 Å². The molecule has 0 spiro atoms. The topological polar surface area (TPSA) is 138 Å². The first-order valence-corrected chi connectivity index (χ1v) is 7.33. The number of ether oxygens (including phenoxy) is 1. The van der Waals surface area contributed by atoms with Crippen molar-refractivity contribution in [2.45, 2.75) is 0 Å². The second-order valence-electron chi connectivity index (χ2n) is 5.18. The van der Waals surface area contributed by atoms with Crippen LogP contribution in [0, 0.1) is 11.8 Å². The second-order valence-corrected chi connectivity index (χ2v) is 5.18. The normalized spacial score (nSPS) is 9.67. The molecule has 2 rings (SSSR count). The third kappa shape index (κ3) is 4.29. The van der Waals surface area contributed by atoms with Crippen molar-refractivity contribution in [2.75, 3.05) is 7.11 Å². The molecule has 0 aliphatic heterocycles. The lowest BCUT2D eigenvalue weighted by atomic mass is 10.0. The molecular formula is C19H12O8. The van der Waals surface area contributed by atoms with Crippen LogP contribution < -0.4 is 0 Å². The van der Waals surface area contributed by atoms with Gasteiger partial charge in [0.2, 0.25) is 0 Å². The Bertz CT molecular complexity index is 1020. The van der Waals surface area contributed by atoms with Gasteiger partial charge in [0.25, 0.3) is 0 Å². The first-order chi connectivity index (χ1) is 12.7. The number of carbonyl (C=O) groups excluding carboxylic acids is 1. The van der Waals surface area contributed by atoms with Gasteiger partial charge in [0.05, 0.1) is 29.4 Å². The Labute approximate surface area is 152 Å². The number of carboxylic acids is 3. The number of hydrogen-bond donors (Lipinski definition) is 3. The standard InChI is InChI=1S/C19H12O8/c1-27-19(26)15-9-11(5-7-13(15)17(22)23)3-2-10-4-6-12(16(20)21)14(8-10)18(24)25/h4-9H,1H3,(H,20,21)(H,22,23)(H,24,25). The lowest BCUT2D eigenvalue weighted by molar-refractivity contribution is 0.0582. The van der Waals surface area contributed by atoms with E-state index in [0.29, 0.717) is 5.56 Å². The van der Waals surface area contributed by atoms with Crippen molar-refractivity contribution in [1.29, 1.82) is 0 Å². The number of carbonyl (C=O) groups is 4. The molecular weight excluding hydrogens is 356 g/mol. The summed E-state index contributed by atoms with van der Waals surface area (Å²) in [6.07, 6.45) is 0. The quantitative estimate of drug-likeness (QED) is 0.550. The van der Waals surface area contributed by atoms with Gasteiger partial charge in [0.15, 0.2) is 0 Å². The molecule has 0 saturated heterocycles. The van der Waals surface area contributed by atoms with Crippen molar-refractivity contribution in [3.63, 3.8) is 0 Å². The molecule has 0 fully saturated rings. The maximum absolute atomic E-state index is 11.7.